The molecule has 0 aliphatic heterocycles. The molecule has 0 atom stereocenters. The summed E-state index contributed by atoms with van der Waals surface area (Å²) in [6, 6.07) is 12.4. The van der Waals surface area contributed by atoms with Crippen LogP contribution in [0.3, 0.4) is 0 Å². The first kappa shape index (κ1) is 13.7. The fourth-order valence-electron chi connectivity index (χ4n) is 1.40. The highest BCUT2D eigenvalue weighted by Gasteiger charge is 2.08. The van der Waals surface area contributed by atoms with Gasteiger partial charge in [-0.2, -0.15) is 0 Å². The highest BCUT2D eigenvalue weighted by atomic mass is 127. The molecule has 2 rings (SSSR count). The van der Waals surface area contributed by atoms with E-state index in [1.807, 2.05) is 0 Å². The molecule has 0 aliphatic rings. The third-order valence-corrected chi connectivity index (χ3v) is 3.73. The lowest BCUT2D eigenvalue weighted by Crippen LogP contribution is -2.12. The van der Waals surface area contributed by atoms with Crippen LogP contribution in [0.15, 0.2) is 47.4 Å². The Morgan fingerprint density at radius 1 is 1.17 bits per heavy atom. The molecule has 0 unspecified atom stereocenters. The molecule has 0 spiro atoms. The van der Waals surface area contributed by atoms with Gasteiger partial charge in [0.15, 0.2) is 0 Å². The van der Waals surface area contributed by atoms with Crippen molar-refractivity contribution in [2.75, 3.05) is 5.32 Å². The van der Waals surface area contributed by atoms with Gasteiger partial charge >= 0.3 is 0 Å². The van der Waals surface area contributed by atoms with E-state index in [0.29, 0.717) is 10.6 Å². The topological polar surface area (TPSA) is 29.1 Å². The molecule has 5 heteroatoms. The van der Waals surface area contributed by atoms with Crippen LogP contribution in [0.2, 0.25) is 5.02 Å². The normalized spacial score (nSPS) is 10.2. The molecular formula is C13H9ClINOS. The van der Waals surface area contributed by atoms with Crippen LogP contribution in [-0.2, 0) is 0 Å². The van der Waals surface area contributed by atoms with Gasteiger partial charge in [0, 0.05) is 19.1 Å². The Hall–Kier alpha value is -0.720. The minimum Gasteiger partial charge on any atom is -0.321 e. The molecule has 2 aromatic rings. The lowest BCUT2D eigenvalue weighted by atomic mass is 10.2. The SMILES string of the molecule is O=C(Nc1ccc(Cl)cc1I)c1ccc(S)cc1. The summed E-state index contributed by atoms with van der Waals surface area (Å²) < 4.78 is 0.902. The number of rotatable bonds is 2. The van der Waals surface area contributed by atoms with Crippen LogP contribution in [-0.4, -0.2) is 5.91 Å². The van der Waals surface area contributed by atoms with E-state index in [1.54, 1.807) is 42.5 Å². The summed E-state index contributed by atoms with van der Waals surface area (Å²) >= 11 is 12.2. The van der Waals surface area contributed by atoms with E-state index in [4.69, 9.17) is 11.6 Å². The van der Waals surface area contributed by atoms with Crippen molar-refractivity contribution in [1.82, 2.24) is 0 Å². The van der Waals surface area contributed by atoms with Crippen molar-refractivity contribution in [3.05, 3.63) is 56.6 Å². The average molecular weight is 390 g/mol. The minimum atomic E-state index is -0.149. The molecule has 0 heterocycles. The zero-order valence-electron chi connectivity index (χ0n) is 9.15. The van der Waals surface area contributed by atoms with Crippen LogP contribution in [0.4, 0.5) is 5.69 Å². The quantitative estimate of drug-likeness (QED) is 0.575. The molecule has 0 fully saturated rings. The number of carbonyl (C=O) groups is 1. The summed E-state index contributed by atoms with van der Waals surface area (Å²) in [6.07, 6.45) is 0. The summed E-state index contributed by atoms with van der Waals surface area (Å²) in [5.74, 6) is -0.149. The van der Waals surface area contributed by atoms with Gasteiger partial charge in [0.25, 0.3) is 5.91 Å². The van der Waals surface area contributed by atoms with Gasteiger partial charge in [0.2, 0.25) is 0 Å². The summed E-state index contributed by atoms with van der Waals surface area (Å²) in [5.41, 5.74) is 1.35. The van der Waals surface area contributed by atoms with Gasteiger partial charge < -0.3 is 5.32 Å². The third-order valence-electron chi connectivity index (χ3n) is 2.31. The van der Waals surface area contributed by atoms with Crippen LogP contribution >= 0.6 is 46.8 Å². The van der Waals surface area contributed by atoms with E-state index in [-0.39, 0.29) is 5.91 Å². The Morgan fingerprint density at radius 3 is 2.44 bits per heavy atom. The van der Waals surface area contributed by atoms with Crippen molar-refractivity contribution in [2.24, 2.45) is 0 Å². The molecule has 2 nitrogen and oxygen atoms in total. The van der Waals surface area contributed by atoms with Gasteiger partial charge in [-0.1, -0.05) is 11.6 Å². The Labute approximate surface area is 129 Å². The number of carbonyl (C=O) groups excluding carboxylic acids is 1. The Kier molecular flexibility index (Phi) is 4.53. The van der Waals surface area contributed by atoms with E-state index in [9.17, 15) is 4.79 Å². The number of hydrogen-bond acceptors (Lipinski definition) is 2. The van der Waals surface area contributed by atoms with Gasteiger partial charge in [0.05, 0.1) is 5.69 Å². The van der Waals surface area contributed by atoms with Gasteiger partial charge in [-0.3, -0.25) is 4.79 Å². The lowest BCUT2D eigenvalue weighted by molar-refractivity contribution is 0.102. The maximum Gasteiger partial charge on any atom is 0.255 e. The number of hydrogen-bond donors (Lipinski definition) is 2. The first-order valence-corrected chi connectivity index (χ1v) is 7.02. The second-order valence-corrected chi connectivity index (χ2v) is 5.74. The molecule has 0 aromatic heterocycles. The molecule has 92 valence electrons. The molecule has 0 radical (unpaired) electrons. The Morgan fingerprint density at radius 2 is 1.83 bits per heavy atom. The lowest BCUT2D eigenvalue weighted by Gasteiger charge is -2.07. The number of amides is 1. The molecule has 0 aliphatic carbocycles. The molecule has 0 saturated heterocycles. The predicted octanol–water partition coefficient (Wildman–Crippen LogP) is 4.49. The maximum atomic E-state index is 12.0. The van der Waals surface area contributed by atoms with Crippen molar-refractivity contribution in [1.29, 1.82) is 0 Å². The first-order chi connectivity index (χ1) is 8.56. The van der Waals surface area contributed by atoms with Crippen molar-refractivity contribution in [3.63, 3.8) is 0 Å². The van der Waals surface area contributed by atoms with Crippen LogP contribution in [0.25, 0.3) is 0 Å². The molecule has 0 bridgehead atoms. The third kappa shape index (κ3) is 3.40. The fraction of sp³-hybridized carbons (Fsp3) is 0. The van der Waals surface area contributed by atoms with Crippen molar-refractivity contribution in [3.8, 4) is 0 Å². The zero-order valence-corrected chi connectivity index (χ0v) is 13.0. The Balaban J connectivity index is 2.18. The van der Waals surface area contributed by atoms with E-state index in [1.165, 1.54) is 0 Å². The van der Waals surface area contributed by atoms with Gasteiger partial charge in [0.1, 0.15) is 0 Å². The first-order valence-electron chi connectivity index (χ1n) is 5.12. The standard InChI is InChI=1S/C13H9ClINOS/c14-9-3-6-12(11(15)7-9)16-13(17)8-1-4-10(18)5-2-8/h1-7,18H,(H,16,17). The predicted molar refractivity (Wildman–Crippen MR) is 85.8 cm³/mol. The number of nitrogens with one attached hydrogen (secondary N) is 1. The van der Waals surface area contributed by atoms with E-state index in [0.717, 1.165) is 14.2 Å². The molecule has 2 aromatic carbocycles. The summed E-state index contributed by atoms with van der Waals surface area (Å²) in [6.45, 7) is 0. The monoisotopic (exact) mass is 389 g/mol. The van der Waals surface area contributed by atoms with Crippen molar-refractivity contribution < 1.29 is 4.79 Å². The molecule has 1 amide bonds. The van der Waals surface area contributed by atoms with Crippen molar-refractivity contribution in [2.45, 2.75) is 4.90 Å². The number of thiol groups is 1. The highest BCUT2D eigenvalue weighted by Crippen LogP contribution is 2.23. The van der Waals surface area contributed by atoms with Crippen LogP contribution in [0, 0.1) is 3.57 Å². The van der Waals surface area contributed by atoms with Crippen molar-refractivity contribution >= 4 is 58.4 Å². The number of halogens is 2. The summed E-state index contributed by atoms with van der Waals surface area (Å²) in [5, 5.41) is 3.49. The molecule has 18 heavy (non-hydrogen) atoms. The number of benzene rings is 2. The maximum absolute atomic E-state index is 12.0. The van der Waals surface area contributed by atoms with Gasteiger partial charge in [-0.05, 0) is 65.1 Å². The largest absolute Gasteiger partial charge is 0.321 e. The Bertz CT molecular complexity index is 586. The van der Waals surface area contributed by atoms with Crippen LogP contribution in [0.1, 0.15) is 10.4 Å². The zero-order chi connectivity index (χ0) is 13.1. The van der Waals surface area contributed by atoms with Gasteiger partial charge in [-0.15, -0.1) is 12.6 Å². The van der Waals surface area contributed by atoms with Gasteiger partial charge in [-0.25, -0.2) is 0 Å². The average Bonchev–Trinajstić information content (AvgIpc) is 2.33. The molecule has 0 saturated carbocycles. The second-order valence-electron chi connectivity index (χ2n) is 3.63. The van der Waals surface area contributed by atoms with E-state index in [2.05, 4.69) is 40.5 Å². The molecule has 1 N–H and O–H groups in total. The highest BCUT2D eigenvalue weighted by molar-refractivity contribution is 14.1. The summed E-state index contributed by atoms with van der Waals surface area (Å²) in [4.78, 5) is 12.8. The minimum absolute atomic E-state index is 0.149. The van der Waals surface area contributed by atoms with Crippen LogP contribution in [0.5, 0.6) is 0 Å². The fourth-order valence-corrected chi connectivity index (χ4v) is 2.55. The molecular weight excluding hydrogens is 381 g/mol. The van der Waals surface area contributed by atoms with E-state index < -0.39 is 0 Å². The second kappa shape index (κ2) is 5.95. The van der Waals surface area contributed by atoms with Crippen LogP contribution < -0.4 is 5.32 Å². The van der Waals surface area contributed by atoms with E-state index >= 15 is 0 Å². The summed E-state index contributed by atoms with van der Waals surface area (Å²) in [7, 11) is 0. The smallest absolute Gasteiger partial charge is 0.255 e. The number of anilines is 1.